The Morgan fingerprint density at radius 1 is 1.62 bits per heavy atom. The molecule has 2 rings (SSSR count). The Balaban J connectivity index is 2.35. The van der Waals surface area contributed by atoms with Crippen molar-refractivity contribution < 1.29 is 4.79 Å². The van der Waals surface area contributed by atoms with Crippen LogP contribution in [-0.2, 0) is 13.0 Å². The number of nitrogens with zero attached hydrogens (tertiary/aromatic N) is 1. The third kappa shape index (κ3) is 1.87. The molecule has 6 heteroatoms. The third-order valence-corrected chi connectivity index (χ3v) is 3.64. The molecular weight excluding hydrogens is 224 g/mol. The molecule has 1 aliphatic rings. The molecule has 0 saturated heterocycles. The van der Waals surface area contributed by atoms with Crippen LogP contribution in [0.3, 0.4) is 0 Å². The van der Waals surface area contributed by atoms with Crippen LogP contribution in [0.4, 0.5) is 9.80 Å². The molecule has 2 heterocycles. The van der Waals surface area contributed by atoms with E-state index in [-0.39, 0.29) is 6.03 Å². The first-order valence-corrected chi connectivity index (χ1v) is 5.82. The molecule has 5 nitrogen and oxygen atoms in total. The van der Waals surface area contributed by atoms with E-state index in [0.717, 1.165) is 30.0 Å². The Bertz CT molecular complexity index is 460. The Kier molecular flexibility index (Phi) is 3.08. The number of carbonyl (C=O) groups is 1. The van der Waals surface area contributed by atoms with Gasteiger partial charge in [0.05, 0.1) is 5.56 Å². The molecule has 16 heavy (non-hydrogen) atoms. The molecule has 0 fully saturated rings. The zero-order valence-corrected chi connectivity index (χ0v) is 9.70. The van der Waals surface area contributed by atoms with Gasteiger partial charge in [0.2, 0.25) is 0 Å². The van der Waals surface area contributed by atoms with E-state index in [2.05, 4.69) is 22.0 Å². The molecule has 0 aromatic carbocycles. The molecule has 0 radical (unpaired) electrons. The maximum Gasteiger partial charge on any atom is 0.319 e. The number of urea groups is 1. The molecular formula is C10H12N4OS. The number of carbonyl (C=O) groups excluding carboxylic acids is 1. The number of hydrogen-bond acceptors (Lipinski definition) is 4. The molecule has 1 aliphatic heterocycles. The Morgan fingerprint density at radius 3 is 3.12 bits per heavy atom. The predicted molar refractivity (Wildman–Crippen MR) is 62.5 cm³/mol. The lowest BCUT2D eigenvalue weighted by Gasteiger charge is -2.11. The molecule has 0 unspecified atom stereocenters. The number of thiophene rings is 1. The third-order valence-electron chi connectivity index (χ3n) is 2.49. The number of rotatable bonds is 1. The van der Waals surface area contributed by atoms with Crippen molar-refractivity contribution in [3.8, 4) is 6.07 Å². The fourth-order valence-electron chi connectivity index (χ4n) is 1.71. The number of nitriles is 1. The minimum Gasteiger partial charge on any atom is -0.341 e. The molecule has 0 aliphatic carbocycles. The van der Waals surface area contributed by atoms with Crippen LogP contribution in [0.5, 0.6) is 0 Å². The minimum absolute atomic E-state index is 0.289. The van der Waals surface area contributed by atoms with Gasteiger partial charge in [-0.25, -0.2) is 4.79 Å². The fraction of sp³-hybridized carbons (Fsp3) is 0.400. The quantitative estimate of drug-likeness (QED) is 0.681. The van der Waals surface area contributed by atoms with Gasteiger partial charge >= 0.3 is 6.03 Å². The maximum absolute atomic E-state index is 11.2. The molecule has 1 aromatic rings. The van der Waals surface area contributed by atoms with Gasteiger partial charge in [-0.3, -0.25) is 5.32 Å². The molecule has 1 aromatic heterocycles. The first-order chi connectivity index (χ1) is 7.76. The Hall–Kier alpha value is -1.58. The molecule has 0 atom stereocenters. The number of nitrogens with one attached hydrogen (secondary N) is 3. The van der Waals surface area contributed by atoms with Crippen LogP contribution < -0.4 is 16.0 Å². The fourth-order valence-corrected chi connectivity index (χ4v) is 2.87. The van der Waals surface area contributed by atoms with Gasteiger partial charge in [0.1, 0.15) is 11.1 Å². The molecule has 2 amide bonds. The molecule has 0 bridgehead atoms. The number of fused-ring (bicyclic) bond motifs is 1. The zero-order chi connectivity index (χ0) is 11.5. The van der Waals surface area contributed by atoms with Gasteiger partial charge < -0.3 is 10.6 Å². The summed E-state index contributed by atoms with van der Waals surface area (Å²) >= 11 is 1.47. The highest BCUT2D eigenvalue weighted by Crippen LogP contribution is 2.34. The van der Waals surface area contributed by atoms with Crippen LogP contribution in [0, 0.1) is 11.3 Å². The van der Waals surface area contributed by atoms with E-state index in [1.54, 1.807) is 7.05 Å². The Labute approximate surface area is 97.5 Å². The van der Waals surface area contributed by atoms with Crippen molar-refractivity contribution >= 4 is 22.4 Å². The molecule has 84 valence electrons. The van der Waals surface area contributed by atoms with Gasteiger partial charge in [-0.1, -0.05) is 0 Å². The monoisotopic (exact) mass is 236 g/mol. The number of amides is 2. The van der Waals surface area contributed by atoms with Crippen molar-refractivity contribution in [2.45, 2.75) is 13.0 Å². The van der Waals surface area contributed by atoms with Crippen LogP contribution in [0.2, 0.25) is 0 Å². The van der Waals surface area contributed by atoms with Crippen molar-refractivity contribution in [1.82, 2.24) is 10.6 Å². The highest BCUT2D eigenvalue weighted by Gasteiger charge is 2.21. The number of hydrogen-bond donors (Lipinski definition) is 3. The molecule has 3 N–H and O–H groups in total. The highest BCUT2D eigenvalue weighted by atomic mass is 32.1. The van der Waals surface area contributed by atoms with E-state index in [4.69, 9.17) is 5.26 Å². The molecule has 0 saturated carbocycles. The van der Waals surface area contributed by atoms with Crippen LogP contribution in [0.1, 0.15) is 16.0 Å². The topological polar surface area (TPSA) is 77.0 Å². The van der Waals surface area contributed by atoms with E-state index in [0.29, 0.717) is 10.6 Å². The summed E-state index contributed by atoms with van der Waals surface area (Å²) in [5, 5.41) is 18.2. The van der Waals surface area contributed by atoms with Gasteiger partial charge in [0.15, 0.2) is 0 Å². The lowest BCUT2D eigenvalue weighted by atomic mass is 10.1. The standard InChI is InChI=1S/C10H12N4OS/c1-12-10(15)14-9-7(4-11)6-2-3-13-5-8(6)16-9/h13H,2-3,5H2,1H3,(H2,12,14,15). The average Bonchev–Trinajstić information content (AvgIpc) is 2.65. The summed E-state index contributed by atoms with van der Waals surface area (Å²) in [6.07, 6.45) is 0.851. The second kappa shape index (κ2) is 4.51. The number of anilines is 1. The second-order valence-corrected chi connectivity index (χ2v) is 4.56. The summed E-state index contributed by atoms with van der Waals surface area (Å²) in [5.41, 5.74) is 1.70. The van der Waals surface area contributed by atoms with Gasteiger partial charge in [-0.05, 0) is 18.5 Å². The summed E-state index contributed by atoms with van der Waals surface area (Å²) in [7, 11) is 1.55. The van der Waals surface area contributed by atoms with E-state index in [1.807, 2.05) is 0 Å². The maximum atomic E-state index is 11.2. The summed E-state index contributed by atoms with van der Waals surface area (Å²) < 4.78 is 0. The second-order valence-electron chi connectivity index (χ2n) is 3.45. The lowest BCUT2D eigenvalue weighted by molar-refractivity contribution is 0.254. The van der Waals surface area contributed by atoms with Crippen LogP contribution in [0.25, 0.3) is 0 Å². The summed E-state index contributed by atoms with van der Waals surface area (Å²) in [4.78, 5) is 12.4. The zero-order valence-electron chi connectivity index (χ0n) is 8.89. The van der Waals surface area contributed by atoms with Crippen molar-refractivity contribution in [1.29, 1.82) is 5.26 Å². The van der Waals surface area contributed by atoms with Crippen LogP contribution in [0.15, 0.2) is 0 Å². The van der Waals surface area contributed by atoms with E-state index >= 15 is 0 Å². The largest absolute Gasteiger partial charge is 0.341 e. The van der Waals surface area contributed by atoms with Crippen molar-refractivity contribution in [2.75, 3.05) is 18.9 Å². The average molecular weight is 236 g/mol. The highest BCUT2D eigenvalue weighted by molar-refractivity contribution is 7.16. The van der Waals surface area contributed by atoms with Gasteiger partial charge in [-0.15, -0.1) is 11.3 Å². The normalized spacial score (nSPS) is 13.8. The molecule has 0 spiro atoms. The van der Waals surface area contributed by atoms with Crippen LogP contribution >= 0.6 is 11.3 Å². The summed E-state index contributed by atoms with van der Waals surface area (Å²) in [5.74, 6) is 0. The predicted octanol–water partition coefficient (Wildman–Crippen LogP) is 1.02. The van der Waals surface area contributed by atoms with Crippen molar-refractivity contribution in [3.63, 3.8) is 0 Å². The SMILES string of the molecule is CNC(=O)Nc1sc2c(c1C#N)CCNC2. The van der Waals surface area contributed by atoms with E-state index in [1.165, 1.54) is 11.3 Å². The minimum atomic E-state index is -0.289. The Morgan fingerprint density at radius 2 is 2.44 bits per heavy atom. The van der Waals surface area contributed by atoms with E-state index < -0.39 is 0 Å². The van der Waals surface area contributed by atoms with Crippen molar-refractivity contribution in [3.05, 3.63) is 16.0 Å². The van der Waals surface area contributed by atoms with Gasteiger partial charge in [0, 0.05) is 18.5 Å². The summed E-state index contributed by atoms with van der Waals surface area (Å²) in [6, 6.07) is 1.88. The van der Waals surface area contributed by atoms with E-state index in [9.17, 15) is 4.79 Å². The smallest absolute Gasteiger partial charge is 0.319 e. The first-order valence-electron chi connectivity index (χ1n) is 5.00. The lowest BCUT2D eigenvalue weighted by Crippen LogP contribution is -2.24. The summed E-state index contributed by atoms with van der Waals surface area (Å²) in [6.45, 7) is 1.67. The van der Waals surface area contributed by atoms with Gasteiger partial charge in [-0.2, -0.15) is 5.26 Å². The van der Waals surface area contributed by atoms with Crippen LogP contribution in [-0.4, -0.2) is 19.6 Å². The van der Waals surface area contributed by atoms with Crippen molar-refractivity contribution in [2.24, 2.45) is 0 Å². The first kappa shape index (κ1) is 10.9. The van der Waals surface area contributed by atoms with Gasteiger partial charge in [0.25, 0.3) is 0 Å².